The number of rotatable bonds is 2. The molecule has 2 aliphatic rings. The molecule has 4 rings (SSSR count). The second-order valence-corrected chi connectivity index (χ2v) is 6.17. The van der Waals surface area contributed by atoms with Gasteiger partial charge in [-0.05, 0) is 18.1 Å². The van der Waals surface area contributed by atoms with E-state index in [9.17, 15) is 4.79 Å². The second-order valence-electron chi connectivity index (χ2n) is 6.17. The number of hydroxylamine groups is 2. The first-order valence-electron chi connectivity index (χ1n) is 7.95. The van der Waals surface area contributed by atoms with Gasteiger partial charge < -0.3 is 4.74 Å². The van der Waals surface area contributed by atoms with Gasteiger partial charge in [-0.3, -0.25) is 9.63 Å². The van der Waals surface area contributed by atoms with Crippen LogP contribution in [0.3, 0.4) is 0 Å². The molecule has 4 heteroatoms. The maximum atomic E-state index is 12.1. The normalized spacial score (nSPS) is 27.5. The number of nitrogens with zero attached hydrogens (tertiary/aromatic N) is 1. The summed E-state index contributed by atoms with van der Waals surface area (Å²) >= 11 is 0. The molecule has 0 N–H and O–H groups in total. The van der Waals surface area contributed by atoms with Gasteiger partial charge in [0, 0.05) is 6.42 Å². The van der Waals surface area contributed by atoms with E-state index in [1.807, 2.05) is 35.4 Å². The molecule has 1 unspecified atom stereocenters. The van der Waals surface area contributed by atoms with E-state index in [2.05, 4.69) is 31.2 Å². The number of hydrogen-bond acceptors (Lipinski definition) is 4. The average molecular weight is 309 g/mol. The number of morpholine rings is 1. The SMILES string of the molecule is Cc1ccc(C2C[C@H]3C(=O)OC[C@H](c4ccccc4)N3O2)cc1. The Kier molecular flexibility index (Phi) is 3.63. The summed E-state index contributed by atoms with van der Waals surface area (Å²) in [7, 11) is 0. The van der Waals surface area contributed by atoms with Crippen molar-refractivity contribution in [1.29, 1.82) is 0 Å². The van der Waals surface area contributed by atoms with Crippen molar-refractivity contribution in [3.8, 4) is 0 Å². The number of carbonyl (C=O) groups excluding carboxylic acids is 1. The number of benzene rings is 2. The van der Waals surface area contributed by atoms with Gasteiger partial charge in [-0.2, -0.15) is 5.06 Å². The summed E-state index contributed by atoms with van der Waals surface area (Å²) < 4.78 is 5.40. The summed E-state index contributed by atoms with van der Waals surface area (Å²) in [5, 5.41) is 1.84. The fourth-order valence-electron chi connectivity index (χ4n) is 3.29. The number of hydrogen-bond donors (Lipinski definition) is 0. The summed E-state index contributed by atoms with van der Waals surface area (Å²) in [4.78, 5) is 18.3. The van der Waals surface area contributed by atoms with Crippen molar-refractivity contribution in [2.45, 2.75) is 31.5 Å². The summed E-state index contributed by atoms with van der Waals surface area (Å²) in [6.07, 6.45) is 0.531. The van der Waals surface area contributed by atoms with Gasteiger partial charge in [-0.15, -0.1) is 0 Å². The van der Waals surface area contributed by atoms with Gasteiger partial charge in [0.2, 0.25) is 0 Å². The van der Waals surface area contributed by atoms with Gasteiger partial charge in [-0.1, -0.05) is 60.2 Å². The molecule has 2 fully saturated rings. The van der Waals surface area contributed by atoms with Gasteiger partial charge in [0.25, 0.3) is 0 Å². The van der Waals surface area contributed by atoms with Crippen LogP contribution in [0.2, 0.25) is 0 Å². The fourth-order valence-corrected chi connectivity index (χ4v) is 3.29. The summed E-state index contributed by atoms with van der Waals surface area (Å²) in [6, 6.07) is 18.0. The molecule has 4 nitrogen and oxygen atoms in total. The van der Waals surface area contributed by atoms with Crippen LogP contribution in [0.15, 0.2) is 54.6 Å². The molecule has 2 saturated heterocycles. The topological polar surface area (TPSA) is 38.8 Å². The smallest absolute Gasteiger partial charge is 0.325 e. The predicted octanol–water partition coefficient (Wildman–Crippen LogP) is 3.34. The van der Waals surface area contributed by atoms with Crippen LogP contribution in [-0.4, -0.2) is 23.7 Å². The van der Waals surface area contributed by atoms with Crippen LogP contribution < -0.4 is 0 Å². The summed E-state index contributed by atoms with van der Waals surface area (Å²) in [6.45, 7) is 2.39. The molecule has 2 aromatic carbocycles. The van der Waals surface area contributed by atoms with Gasteiger partial charge in [0.15, 0.2) is 0 Å². The fraction of sp³-hybridized carbons (Fsp3) is 0.316. The Bertz CT molecular complexity index is 698. The zero-order chi connectivity index (χ0) is 15.8. The first kappa shape index (κ1) is 14.4. The molecule has 2 heterocycles. The molecular weight excluding hydrogens is 290 g/mol. The van der Waals surface area contributed by atoms with Gasteiger partial charge in [-0.25, -0.2) is 0 Å². The first-order valence-corrected chi connectivity index (χ1v) is 7.95. The largest absolute Gasteiger partial charge is 0.462 e. The van der Waals surface area contributed by atoms with Crippen LogP contribution in [-0.2, 0) is 14.4 Å². The average Bonchev–Trinajstić information content (AvgIpc) is 3.03. The third-order valence-corrected chi connectivity index (χ3v) is 4.59. The highest BCUT2D eigenvalue weighted by molar-refractivity contribution is 5.77. The number of cyclic esters (lactones) is 1. The van der Waals surface area contributed by atoms with Crippen LogP contribution >= 0.6 is 0 Å². The molecule has 0 saturated carbocycles. The lowest BCUT2D eigenvalue weighted by Gasteiger charge is -2.34. The molecule has 0 aliphatic carbocycles. The third kappa shape index (κ3) is 2.64. The number of esters is 1. The molecule has 2 aliphatic heterocycles. The van der Waals surface area contributed by atoms with Gasteiger partial charge in [0.05, 0.1) is 6.04 Å². The third-order valence-electron chi connectivity index (χ3n) is 4.59. The Balaban J connectivity index is 1.61. The number of ether oxygens (including phenoxy) is 1. The molecule has 0 amide bonds. The maximum absolute atomic E-state index is 12.1. The van der Waals surface area contributed by atoms with Crippen molar-refractivity contribution < 1.29 is 14.4 Å². The van der Waals surface area contributed by atoms with Crippen LogP contribution in [0.25, 0.3) is 0 Å². The molecule has 0 radical (unpaired) electrons. The first-order chi connectivity index (χ1) is 11.2. The minimum atomic E-state index is -0.333. The number of fused-ring (bicyclic) bond motifs is 1. The molecule has 0 bridgehead atoms. The van der Waals surface area contributed by atoms with Crippen LogP contribution in [0, 0.1) is 6.92 Å². The number of aryl methyl sites for hydroxylation is 1. The Morgan fingerprint density at radius 2 is 1.70 bits per heavy atom. The molecule has 0 spiro atoms. The van der Waals surface area contributed by atoms with E-state index in [4.69, 9.17) is 9.57 Å². The van der Waals surface area contributed by atoms with Gasteiger partial charge >= 0.3 is 5.97 Å². The second kappa shape index (κ2) is 5.80. The standard InChI is InChI=1S/C19H19NO3/c1-13-7-9-15(10-8-13)18-11-16-19(21)22-12-17(20(16)23-18)14-5-3-2-4-6-14/h2-10,16-18H,11-12H2,1H3/t16-,17+,18?/m0/s1. The Labute approximate surface area is 135 Å². The van der Waals surface area contributed by atoms with E-state index < -0.39 is 0 Å². The molecule has 118 valence electrons. The molecule has 23 heavy (non-hydrogen) atoms. The van der Waals surface area contributed by atoms with E-state index in [1.165, 1.54) is 5.56 Å². The van der Waals surface area contributed by atoms with E-state index in [1.54, 1.807) is 0 Å². The Morgan fingerprint density at radius 3 is 2.43 bits per heavy atom. The maximum Gasteiger partial charge on any atom is 0.325 e. The molecule has 3 atom stereocenters. The highest BCUT2D eigenvalue weighted by Crippen LogP contribution is 2.41. The monoisotopic (exact) mass is 309 g/mol. The Morgan fingerprint density at radius 1 is 0.957 bits per heavy atom. The van der Waals surface area contributed by atoms with E-state index in [-0.39, 0.29) is 24.2 Å². The highest BCUT2D eigenvalue weighted by atomic mass is 16.7. The number of carbonyl (C=O) groups is 1. The summed E-state index contributed by atoms with van der Waals surface area (Å²) in [5.41, 5.74) is 3.42. The minimum Gasteiger partial charge on any atom is -0.462 e. The van der Waals surface area contributed by atoms with Crippen LogP contribution in [0.1, 0.15) is 35.3 Å². The van der Waals surface area contributed by atoms with Crippen LogP contribution in [0.4, 0.5) is 0 Å². The van der Waals surface area contributed by atoms with E-state index >= 15 is 0 Å². The van der Waals surface area contributed by atoms with Crippen molar-refractivity contribution in [3.05, 3.63) is 71.3 Å². The lowest BCUT2D eigenvalue weighted by Crippen LogP contribution is -2.46. The molecular formula is C19H19NO3. The van der Waals surface area contributed by atoms with Crippen molar-refractivity contribution in [2.24, 2.45) is 0 Å². The van der Waals surface area contributed by atoms with Crippen molar-refractivity contribution in [2.75, 3.05) is 6.61 Å². The van der Waals surface area contributed by atoms with E-state index in [0.29, 0.717) is 13.0 Å². The zero-order valence-corrected chi connectivity index (χ0v) is 13.0. The summed E-state index contributed by atoms with van der Waals surface area (Å²) in [5.74, 6) is -0.188. The lowest BCUT2D eigenvalue weighted by atomic mass is 10.00. The van der Waals surface area contributed by atoms with Crippen LogP contribution in [0.5, 0.6) is 0 Å². The lowest BCUT2D eigenvalue weighted by molar-refractivity contribution is -0.228. The van der Waals surface area contributed by atoms with E-state index in [0.717, 1.165) is 11.1 Å². The van der Waals surface area contributed by atoms with Crippen molar-refractivity contribution in [3.63, 3.8) is 0 Å². The van der Waals surface area contributed by atoms with Crippen molar-refractivity contribution in [1.82, 2.24) is 5.06 Å². The highest BCUT2D eigenvalue weighted by Gasteiger charge is 2.47. The molecule has 0 aromatic heterocycles. The van der Waals surface area contributed by atoms with Gasteiger partial charge in [0.1, 0.15) is 18.8 Å². The zero-order valence-electron chi connectivity index (χ0n) is 13.0. The molecule has 2 aromatic rings. The predicted molar refractivity (Wildman–Crippen MR) is 85.4 cm³/mol. The Hall–Kier alpha value is -2.17. The quantitative estimate of drug-likeness (QED) is 0.798. The minimum absolute atomic E-state index is 0.0469. The van der Waals surface area contributed by atoms with Crippen molar-refractivity contribution >= 4 is 5.97 Å².